The summed E-state index contributed by atoms with van der Waals surface area (Å²) in [4.78, 5) is 35.8. The molecule has 6 heteroatoms. The standard InChI is InChI=1S/C40H72O6/c1-4-6-8-10-12-14-16-18-19-21-23-25-27-29-31-33-40(43)46-36-38(34-44-37(3)41)35-45-39(42)32-30-28-26-24-22-20-17-15-13-11-9-7-5-2/h12,14,18-19,38H,4-11,13,15-17,20-36H2,1-3H3/b14-12-,19-18-. The molecule has 0 spiro atoms. The molecule has 0 saturated heterocycles. The predicted octanol–water partition coefficient (Wildman–Crippen LogP) is 11.5. The fourth-order valence-corrected chi connectivity index (χ4v) is 5.31. The SMILES string of the molecule is CCCCC/C=C\C/C=C\CCCCCCCC(=O)OCC(COC(C)=O)COC(=O)CCCCCCCCCCCCCCC. The summed E-state index contributed by atoms with van der Waals surface area (Å²) >= 11 is 0. The fraction of sp³-hybridized carbons (Fsp3) is 0.825. The lowest BCUT2D eigenvalue weighted by atomic mass is 10.0. The number of ether oxygens (including phenoxy) is 3. The van der Waals surface area contributed by atoms with E-state index in [1.54, 1.807) is 0 Å². The van der Waals surface area contributed by atoms with Crippen molar-refractivity contribution in [1.29, 1.82) is 0 Å². The highest BCUT2D eigenvalue weighted by Gasteiger charge is 2.17. The maximum Gasteiger partial charge on any atom is 0.305 e. The molecule has 0 aromatic rings. The van der Waals surface area contributed by atoms with Gasteiger partial charge < -0.3 is 14.2 Å². The number of unbranched alkanes of at least 4 members (excludes halogenated alkanes) is 20. The van der Waals surface area contributed by atoms with Gasteiger partial charge in [-0.1, -0.05) is 147 Å². The highest BCUT2D eigenvalue weighted by molar-refractivity contribution is 5.69. The average Bonchev–Trinajstić information content (AvgIpc) is 3.04. The molecule has 0 radical (unpaired) electrons. The van der Waals surface area contributed by atoms with Gasteiger partial charge in [0.1, 0.15) is 19.8 Å². The normalized spacial score (nSPS) is 12.2. The zero-order valence-corrected chi connectivity index (χ0v) is 30.3. The predicted molar refractivity (Wildman–Crippen MR) is 192 cm³/mol. The Morgan fingerprint density at radius 3 is 1.24 bits per heavy atom. The molecule has 46 heavy (non-hydrogen) atoms. The third kappa shape index (κ3) is 34.8. The van der Waals surface area contributed by atoms with E-state index in [4.69, 9.17) is 14.2 Å². The molecule has 0 fully saturated rings. The van der Waals surface area contributed by atoms with Gasteiger partial charge in [-0.3, -0.25) is 14.4 Å². The van der Waals surface area contributed by atoms with E-state index in [1.165, 1.54) is 110 Å². The van der Waals surface area contributed by atoms with E-state index in [9.17, 15) is 14.4 Å². The van der Waals surface area contributed by atoms with Crippen molar-refractivity contribution in [3.8, 4) is 0 Å². The Hall–Kier alpha value is -2.11. The van der Waals surface area contributed by atoms with Gasteiger partial charge in [0.05, 0.1) is 5.92 Å². The molecule has 0 N–H and O–H groups in total. The molecule has 0 amide bonds. The minimum absolute atomic E-state index is 0.0678. The van der Waals surface area contributed by atoms with Crippen LogP contribution >= 0.6 is 0 Å². The third-order valence-electron chi connectivity index (χ3n) is 8.30. The lowest BCUT2D eigenvalue weighted by Gasteiger charge is -2.17. The van der Waals surface area contributed by atoms with E-state index in [0.29, 0.717) is 12.8 Å². The summed E-state index contributed by atoms with van der Waals surface area (Å²) in [6.07, 6.45) is 38.7. The van der Waals surface area contributed by atoms with Gasteiger partial charge in [0, 0.05) is 19.8 Å². The molecule has 1 atom stereocenters. The number of esters is 3. The summed E-state index contributed by atoms with van der Waals surface area (Å²) in [6.45, 7) is 6.07. The second-order valence-corrected chi connectivity index (χ2v) is 13.0. The van der Waals surface area contributed by atoms with Crippen LogP contribution in [0.25, 0.3) is 0 Å². The molecule has 1 unspecified atom stereocenters. The Kier molecular flexibility index (Phi) is 34.1. The molecule has 0 heterocycles. The molecular formula is C40H72O6. The topological polar surface area (TPSA) is 78.9 Å². The highest BCUT2D eigenvalue weighted by Crippen LogP contribution is 2.14. The largest absolute Gasteiger partial charge is 0.465 e. The summed E-state index contributed by atoms with van der Waals surface area (Å²) < 4.78 is 16.0. The first kappa shape index (κ1) is 43.9. The summed E-state index contributed by atoms with van der Waals surface area (Å²) in [5.41, 5.74) is 0. The maximum absolute atomic E-state index is 12.3. The van der Waals surface area contributed by atoms with Crippen LogP contribution in [0, 0.1) is 5.92 Å². The molecule has 0 aromatic heterocycles. The lowest BCUT2D eigenvalue weighted by molar-refractivity contribution is -0.152. The molecule has 0 aliphatic heterocycles. The number of hydrogen-bond donors (Lipinski definition) is 0. The lowest BCUT2D eigenvalue weighted by Crippen LogP contribution is -2.26. The van der Waals surface area contributed by atoms with Crippen LogP contribution < -0.4 is 0 Å². The summed E-state index contributed by atoms with van der Waals surface area (Å²) in [6, 6.07) is 0. The van der Waals surface area contributed by atoms with E-state index < -0.39 is 5.97 Å². The minimum atomic E-state index is -0.403. The van der Waals surface area contributed by atoms with Gasteiger partial charge in [-0.2, -0.15) is 0 Å². The quantitative estimate of drug-likeness (QED) is 0.0299. The van der Waals surface area contributed by atoms with Gasteiger partial charge in [0.25, 0.3) is 0 Å². The fourth-order valence-electron chi connectivity index (χ4n) is 5.31. The van der Waals surface area contributed by atoms with Gasteiger partial charge in [-0.05, 0) is 44.9 Å². The van der Waals surface area contributed by atoms with Crippen LogP contribution in [0.15, 0.2) is 24.3 Å². The highest BCUT2D eigenvalue weighted by atomic mass is 16.6. The minimum Gasteiger partial charge on any atom is -0.465 e. The van der Waals surface area contributed by atoms with Crippen LogP contribution in [0.3, 0.4) is 0 Å². The van der Waals surface area contributed by atoms with Crippen LogP contribution in [0.2, 0.25) is 0 Å². The van der Waals surface area contributed by atoms with Crippen LogP contribution in [0.5, 0.6) is 0 Å². The van der Waals surface area contributed by atoms with Crippen LogP contribution in [-0.2, 0) is 28.6 Å². The van der Waals surface area contributed by atoms with Crippen molar-refractivity contribution in [1.82, 2.24) is 0 Å². The van der Waals surface area contributed by atoms with Crippen molar-refractivity contribution in [3.63, 3.8) is 0 Å². The first-order valence-electron chi connectivity index (χ1n) is 19.2. The smallest absolute Gasteiger partial charge is 0.305 e. The van der Waals surface area contributed by atoms with Crippen LogP contribution in [0.1, 0.15) is 188 Å². The van der Waals surface area contributed by atoms with E-state index >= 15 is 0 Å². The number of rotatable bonds is 34. The van der Waals surface area contributed by atoms with Gasteiger partial charge in [-0.25, -0.2) is 0 Å². The summed E-state index contributed by atoms with van der Waals surface area (Å²) in [5.74, 6) is -1.25. The molecule has 0 bridgehead atoms. The van der Waals surface area contributed by atoms with Crippen molar-refractivity contribution in [3.05, 3.63) is 24.3 Å². The van der Waals surface area contributed by atoms with Crippen molar-refractivity contribution < 1.29 is 28.6 Å². The molecular weight excluding hydrogens is 576 g/mol. The second kappa shape index (κ2) is 35.7. The van der Waals surface area contributed by atoms with Crippen molar-refractivity contribution in [2.24, 2.45) is 5.92 Å². The Bertz CT molecular complexity index is 759. The Balaban J connectivity index is 3.86. The maximum atomic E-state index is 12.3. The van der Waals surface area contributed by atoms with Crippen molar-refractivity contribution in [2.75, 3.05) is 19.8 Å². The third-order valence-corrected chi connectivity index (χ3v) is 8.30. The van der Waals surface area contributed by atoms with Gasteiger partial charge >= 0.3 is 17.9 Å². The van der Waals surface area contributed by atoms with Crippen LogP contribution in [0.4, 0.5) is 0 Å². The molecule has 268 valence electrons. The van der Waals surface area contributed by atoms with Gasteiger partial charge in [-0.15, -0.1) is 0 Å². The average molecular weight is 649 g/mol. The molecule has 0 aliphatic carbocycles. The molecule has 0 aliphatic rings. The number of hydrogen-bond acceptors (Lipinski definition) is 6. The van der Waals surface area contributed by atoms with Crippen molar-refractivity contribution >= 4 is 17.9 Å². The van der Waals surface area contributed by atoms with E-state index in [1.807, 2.05) is 0 Å². The summed E-state index contributed by atoms with van der Waals surface area (Å²) in [5, 5.41) is 0. The van der Waals surface area contributed by atoms with E-state index in [2.05, 4.69) is 38.2 Å². The number of carbonyl (C=O) groups is 3. The Labute approximate surface area is 283 Å². The molecule has 6 nitrogen and oxygen atoms in total. The van der Waals surface area contributed by atoms with Crippen LogP contribution in [-0.4, -0.2) is 37.7 Å². The zero-order chi connectivity index (χ0) is 33.8. The Morgan fingerprint density at radius 1 is 0.457 bits per heavy atom. The van der Waals surface area contributed by atoms with E-state index in [-0.39, 0.29) is 37.7 Å². The van der Waals surface area contributed by atoms with Crippen molar-refractivity contribution in [2.45, 2.75) is 188 Å². The second-order valence-electron chi connectivity index (χ2n) is 13.0. The number of allylic oxidation sites excluding steroid dienone is 4. The number of carbonyl (C=O) groups excluding carboxylic acids is 3. The monoisotopic (exact) mass is 649 g/mol. The molecule has 0 rings (SSSR count). The zero-order valence-electron chi connectivity index (χ0n) is 30.3. The van der Waals surface area contributed by atoms with Gasteiger partial charge in [0.15, 0.2) is 0 Å². The first-order valence-corrected chi connectivity index (χ1v) is 19.2. The Morgan fingerprint density at radius 2 is 0.804 bits per heavy atom. The summed E-state index contributed by atoms with van der Waals surface area (Å²) in [7, 11) is 0. The molecule has 0 saturated carbocycles. The molecule has 0 aromatic carbocycles. The first-order chi connectivity index (χ1) is 22.5. The van der Waals surface area contributed by atoms with Gasteiger partial charge in [0.2, 0.25) is 0 Å². The van der Waals surface area contributed by atoms with E-state index in [0.717, 1.165) is 51.4 Å².